The molecule has 0 radical (unpaired) electrons. The number of carbonyl (C=O) groups excluding carboxylic acids is 1. The van der Waals surface area contributed by atoms with Gasteiger partial charge in [0.15, 0.2) is 22.9 Å². The Morgan fingerprint density at radius 3 is 2.50 bits per heavy atom. The van der Waals surface area contributed by atoms with Crippen molar-refractivity contribution in [2.24, 2.45) is 4.99 Å². The van der Waals surface area contributed by atoms with Crippen LogP contribution in [0.3, 0.4) is 0 Å². The largest absolute Gasteiger partial charge is 0.496 e. The smallest absolute Gasteiger partial charge is 0.341 e. The molecule has 0 fully saturated rings. The van der Waals surface area contributed by atoms with E-state index in [1.807, 2.05) is 43.3 Å². The highest BCUT2D eigenvalue weighted by Crippen LogP contribution is 2.34. The number of hydrogen-bond acceptors (Lipinski definition) is 8. The van der Waals surface area contributed by atoms with Crippen molar-refractivity contribution in [3.8, 4) is 17.2 Å². The van der Waals surface area contributed by atoms with E-state index < -0.39 is 18.6 Å². The molecule has 0 unspecified atom stereocenters. The zero-order valence-electron chi connectivity index (χ0n) is 24.6. The highest BCUT2D eigenvalue weighted by Gasteiger charge is 2.33. The van der Waals surface area contributed by atoms with Crippen LogP contribution >= 0.6 is 11.3 Å². The van der Waals surface area contributed by atoms with Crippen molar-refractivity contribution in [1.82, 2.24) is 4.57 Å². The molecule has 2 N–H and O–H groups in total. The van der Waals surface area contributed by atoms with E-state index in [1.165, 1.54) is 11.3 Å². The molecule has 1 aliphatic heterocycles. The van der Waals surface area contributed by atoms with E-state index in [9.17, 15) is 14.4 Å². The van der Waals surface area contributed by atoms with Crippen LogP contribution in [-0.2, 0) is 9.59 Å². The number of fused-ring (bicyclic) bond motifs is 1. The van der Waals surface area contributed by atoms with E-state index in [0.717, 1.165) is 5.56 Å². The highest BCUT2D eigenvalue weighted by molar-refractivity contribution is 7.07. The molecule has 2 heterocycles. The van der Waals surface area contributed by atoms with Gasteiger partial charge >= 0.3 is 5.97 Å². The van der Waals surface area contributed by atoms with Crippen LogP contribution in [0.2, 0.25) is 0 Å². The fraction of sp³-hybridized carbons (Fsp3) is 0.212. The summed E-state index contributed by atoms with van der Waals surface area (Å²) in [6, 6.07) is 19.0. The summed E-state index contributed by atoms with van der Waals surface area (Å²) >= 11 is 1.21. The molecule has 10 nitrogen and oxygen atoms in total. The third kappa shape index (κ3) is 6.28. The first-order valence-electron chi connectivity index (χ1n) is 13.8. The van der Waals surface area contributed by atoms with E-state index in [0.29, 0.717) is 55.5 Å². The molecule has 1 aliphatic rings. The lowest BCUT2D eigenvalue weighted by Crippen LogP contribution is -2.40. The number of carboxylic acid groups (broad SMARTS) is 1. The van der Waals surface area contributed by atoms with Crippen LogP contribution in [0.4, 0.5) is 5.69 Å². The predicted molar refractivity (Wildman–Crippen MR) is 167 cm³/mol. The second-order valence-corrected chi connectivity index (χ2v) is 11.0. The molecular weight excluding hydrogens is 582 g/mol. The van der Waals surface area contributed by atoms with E-state index in [1.54, 1.807) is 61.9 Å². The number of thiazole rings is 1. The number of amides is 1. The van der Waals surface area contributed by atoms with Gasteiger partial charge in [-0.1, -0.05) is 47.7 Å². The lowest BCUT2D eigenvalue weighted by atomic mass is 9.94. The molecule has 1 atom stereocenters. The minimum absolute atomic E-state index is 0.283. The molecule has 5 rings (SSSR count). The Hall–Kier alpha value is -5.16. The average Bonchev–Trinajstić information content (AvgIpc) is 3.30. The Labute approximate surface area is 257 Å². The van der Waals surface area contributed by atoms with Crippen molar-refractivity contribution in [3.63, 3.8) is 0 Å². The lowest BCUT2D eigenvalue weighted by Gasteiger charge is -2.26. The fourth-order valence-electron chi connectivity index (χ4n) is 4.95. The number of aliphatic carboxylic acids is 1. The highest BCUT2D eigenvalue weighted by atomic mass is 32.1. The monoisotopic (exact) mass is 613 g/mol. The first-order valence-corrected chi connectivity index (χ1v) is 14.7. The summed E-state index contributed by atoms with van der Waals surface area (Å²) in [5, 5.41) is 11.9. The minimum atomic E-state index is -1.11. The summed E-state index contributed by atoms with van der Waals surface area (Å²) in [6.07, 6.45) is 1.71. The number of ether oxygens (including phenoxy) is 3. The molecule has 0 bridgehead atoms. The molecule has 44 heavy (non-hydrogen) atoms. The first-order chi connectivity index (χ1) is 21.2. The predicted octanol–water partition coefficient (Wildman–Crippen LogP) is 4.05. The number of aryl methyl sites for hydroxylation is 1. The Morgan fingerprint density at radius 1 is 1.02 bits per heavy atom. The number of anilines is 1. The van der Waals surface area contributed by atoms with Gasteiger partial charge in [0.25, 0.3) is 11.5 Å². The van der Waals surface area contributed by atoms with Crippen LogP contribution in [0.15, 0.2) is 87.8 Å². The fourth-order valence-corrected chi connectivity index (χ4v) is 5.99. The third-order valence-corrected chi connectivity index (χ3v) is 7.95. The van der Waals surface area contributed by atoms with Crippen molar-refractivity contribution in [2.45, 2.75) is 26.8 Å². The van der Waals surface area contributed by atoms with Gasteiger partial charge in [-0.3, -0.25) is 14.2 Å². The third-order valence-electron chi connectivity index (χ3n) is 6.96. The van der Waals surface area contributed by atoms with Crippen LogP contribution in [-0.4, -0.2) is 41.9 Å². The standard InChI is InChI=1S/C33H31N3O7S/c1-5-42-26-15-21(12-14-24(26)43-18-28(37)38)16-27-32(40)36-30(22-13-11-19(2)25(17-22)41-4)29(20(3)34-33(36)44-27)31(39)35-23-9-7-6-8-10-23/h6-17,30H,5,18H2,1-4H3,(H,35,39)(H,37,38)/b27-16-/t30-/m1/s1. The number of benzene rings is 3. The van der Waals surface area contributed by atoms with E-state index in [-0.39, 0.29) is 17.2 Å². The van der Waals surface area contributed by atoms with Crippen molar-refractivity contribution >= 4 is 35.0 Å². The number of aromatic nitrogens is 1. The van der Waals surface area contributed by atoms with Crippen molar-refractivity contribution in [2.75, 3.05) is 25.6 Å². The maximum atomic E-state index is 14.1. The Kier molecular flexibility index (Phi) is 8.96. The quantitative estimate of drug-likeness (QED) is 0.276. The lowest BCUT2D eigenvalue weighted by molar-refractivity contribution is -0.139. The number of rotatable bonds is 10. The second kappa shape index (κ2) is 13.0. The molecule has 3 aromatic carbocycles. The van der Waals surface area contributed by atoms with Crippen LogP contribution in [0.25, 0.3) is 6.08 Å². The number of allylic oxidation sites excluding steroid dienone is 1. The molecule has 0 aliphatic carbocycles. The summed E-state index contributed by atoms with van der Waals surface area (Å²) < 4.78 is 18.5. The van der Waals surface area contributed by atoms with Gasteiger partial charge in [-0.15, -0.1) is 0 Å². The van der Waals surface area contributed by atoms with Gasteiger partial charge < -0.3 is 24.6 Å². The number of nitrogens with zero attached hydrogens (tertiary/aromatic N) is 2. The van der Waals surface area contributed by atoms with Crippen LogP contribution < -0.4 is 34.4 Å². The Bertz CT molecular complexity index is 1940. The number of carbonyl (C=O) groups is 2. The molecule has 1 aromatic heterocycles. The van der Waals surface area contributed by atoms with Crippen LogP contribution in [0.1, 0.15) is 36.6 Å². The molecular formula is C33H31N3O7S. The van der Waals surface area contributed by atoms with Crippen molar-refractivity contribution < 1.29 is 28.9 Å². The zero-order chi connectivity index (χ0) is 31.4. The molecule has 0 saturated heterocycles. The molecule has 4 aromatic rings. The molecule has 1 amide bonds. The zero-order valence-corrected chi connectivity index (χ0v) is 25.4. The summed E-state index contributed by atoms with van der Waals surface area (Å²) in [6.45, 7) is 5.31. The van der Waals surface area contributed by atoms with Gasteiger partial charge in [-0.25, -0.2) is 9.79 Å². The van der Waals surface area contributed by atoms with Crippen molar-refractivity contribution in [1.29, 1.82) is 0 Å². The number of para-hydroxylation sites is 1. The summed E-state index contributed by atoms with van der Waals surface area (Å²) in [5.74, 6) is -0.197. The topological polar surface area (TPSA) is 128 Å². The van der Waals surface area contributed by atoms with Gasteiger partial charge in [0, 0.05) is 5.69 Å². The summed E-state index contributed by atoms with van der Waals surface area (Å²) in [5.41, 5.74) is 3.40. The number of hydrogen-bond donors (Lipinski definition) is 2. The number of methoxy groups -OCH3 is 1. The van der Waals surface area contributed by atoms with Crippen LogP contribution in [0.5, 0.6) is 17.2 Å². The van der Waals surface area contributed by atoms with E-state index in [2.05, 4.69) is 5.32 Å². The van der Waals surface area contributed by atoms with Gasteiger partial charge in [0.1, 0.15) is 5.75 Å². The van der Waals surface area contributed by atoms with Crippen molar-refractivity contribution in [3.05, 3.63) is 114 Å². The Morgan fingerprint density at radius 2 is 1.80 bits per heavy atom. The van der Waals surface area contributed by atoms with Crippen LogP contribution in [0, 0.1) is 6.92 Å². The molecule has 226 valence electrons. The normalized spacial score (nSPS) is 14.5. The minimum Gasteiger partial charge on any atom is -0.496 e. The molecule has 0 spiro atoms. The maximum Gasteiger partial charge on any atom is 0.341 e. The summed E-state index contributed by atoms with van der Waals surface area (Å²) in [7, 11) is 1.58. The summed E-state index contributed by atoms with van der Waals surface area (Å²) in [4.78, 5) is 44.0. The van der Waals surface area contributed by atoms with E-state index >= 15 is 0 Å². The van der Waals surface area contributed by atoms with Gasteiger partial charge in [-0.05, 0) is 73.9 Å². The average molecular weight is 614 g/mol. The Balaban J connectivity index is 1.64. The number of carboxylic acids is 1. The van der Waals surface area contributed by atoms with Gasteiger partial charge in [0.05, 0.1) is 35.6 Å². The van der Waals surface area contributed by atoms with E-state index in [4.69, 9.17) is 24.3 Å². The molecule has 11 heteroatoms. The molecule has 0 saturated carbocycles. The first kappa shape index (κ1) is 30.3. The second-order valence-electron chi connectivity index (χ2n) is 9.95. The van der Waals surface area contributed by atoms with Gasteiger partial charge in [0.2, 0.25) is 0 Å². The van der Waals surface area contributed by atoms with Gasteiger partial charge in [-0.2, -0.15) is 0 Å². The SMILES string of the molecule is CCOc1cc(/C=c2\sc3n(c2=O)[C@H](c2ccc(C)c(OC)c2)C(C(=O)Nc2ccccc2)=C(C)N=3)ccc1OCC(=O)O. The maximum absolute atomic E-state index is 14.1. The number of nitrogens with one attached hydrogen (secondary N) is 1.